The van der Waals surface area contributed by atoms with Crippen LogP contribution in [0.5, 0.6) is 0 Å². The normalized spacial score (nSPS) is 21.5. The quantitative estimate of drug-likeness (QED) is 0.298. The highest BCUT2D eigenvalue weighted by Gasteiger charge is 2.44. The van der Waals surface area contributed by atoms with Crippen molar-refractivity contribution in [2.75, 3.05) is 5.75 Å². The number of rotatable bonds is 9. The number of carbonyl (C=O) groups excluding carboxylic acids is 4. The second kappa shape index (κ2) is 11.7. The van der Waals surface area contributed by atoms with Crippen molar-refractivity contribution in [1.82, 2.24) is 10.8 Å². The summed E-state index contributed by atoms with van der Waals surface area (Å²) in [7, 11) is 0. The van der Waals surface area contributed by atoms with Crippen molar-refractivity contribution in [2.24, 2.45) is 0 Å². The number of hydrogen-bond acceptors (Lipinski definition) is 9. The van der Waals surface area contributed by atoms with E-state index in [1.54, 1.807) is 24.3 Å². The fourth-order valence-electron chi connectivity index (χ4n) is 3.26. The maximum absolute atomic E-state index is 12.5. The largest absolute Gasteiger partial charge is 0.459 e. The molecule has 1 amide bonds. The summed E-state index contributed by atoms with van der Waals surface area (Å²) in [6, 6.07) is 7.77. The minimum atomic E-state index is -0.671. The molecule has 4 atom stereocenters. The van der Waals surface area contributed by atoms with Crippen molar-refractivity contribution in [3.8, 4) is 0 Å². The Morgan fingerprint density at radius 3 is 2.47 bits per heavy atom. The zero-order valence-corrected chi connectivity index (χ0v) is 17.6. The summed E-state index contributed by atoms with van der Waals surface area (Å²) in [6.45, 7) is 2.44. The molecule has 9 nitrogen and oxygen atoms in total. The minimum absolute atomic E-state index is 0.0154. The van der Waals surface area contributed by atoms with Crippen molar-refractivity contribution in [3.05, 3.63) is 35.9 Å². The second-order valence-corrected chi connectivity index (χ2v) is 8.12. The van der Waals surface area contributed by atoms with Gasteiger partial charge < -0.3 is 20.0 Å². The van der Waals surface area contributed by atoms with Gasteiger partial charge in [-0.25, -0.2) is 5.48 Å². The van der Waals surface area contributed by atoms with Gasteiger partial charge in [0.25, 0.3) is 5.91 Å². The molecule has 1 aromatic rings. The molecular formula is C20H26N2O7S. The van der Waals surface area contributed by atoms with E-state index in [0.29, 0.717) is 24.2 Å². The molecule has 1 heterocycles. The SMILES string of the molecule is CC(=O)OC(=O)CCC[C@H](NO)[C@H]1SC[C@@H](NC(=O)c2ccccc2)[C@H]1OC(C)=O. The lowest BCUT2D eigenvalue weighted by Crippen LogP contribution is -2.51. The molecule has 30 heavy (non-hydrogen) atoms. The van der Waals surface area contributed by atoms with Crippen LogP contribution < -0.4 is 10.8 Å². The lowest BCUT2D eigenvalue weighted by Gasteiger charge is -2.29. The minimum Gasteiger partial charge on any atom is -0.459 e. The number of benzene rings is 1. The molecule has 0 saturated carbocycles. The smallest absolute Gasteiger partial charge is 0.313 e. The number of hydrogen-bond donors (Lipinski definition) is 3. The Labute approximate surface area is 178 Å². The van der Waals surface area contributed by atoms with Gasteiger partial charge in [-0.1, -0.05) is 18.2 Å². The Hall–Kier alpha value is -2.43. The highest BCUT2D eigenvalue weighted by Crippen LogP contribution is 2.34. The monoisotopic (exact) mass is 438 g/mol. The Morgan fingerprint density at radius 1 is 1.17 bits per heavy atom. The Bertz CT molecular complexity index is 759. The fourth-order valence-corrected chi connectivity index (χ4v) is 4.83. The highest BCUT2D eigenvalue weighted by atomic mass is 32.2. The first-order chi connectivity index (χ1) is 14.3. The van der Waals surface area contributed by atoms with E-state index in [-0.39, 0.29) is 17.6 Å². The summed E-state index contributed by atoms with van der Waals surface area (Å²) in [6.07, 6.45) is 0.0868. The first-order valence-corrected chi connectivity index (χ1v) is 10.6. The maximum Gasteiger partial charge on any atom is 0.313 e. The maximum atomic E-state index is 12.5. The van der Waals surface area contributed by atoms with Crippen molar-refractivity contribution in [2.45, 2.75) is 56.5 Å². The van der Waals surface area contributed by atoms with E-state index < -0.39 is 36.1 Å². The number of carbonyl (C=O) groups is 4. The molecule has 0 radical (unpaired) electrons. The van der Waals surface area contributed by atoms with Gasteiger partial charge in [0, 0.05) is 37.6 Å². The van der Waals surface area contributed by atoms with Crippen LogP contribution >= 0.6 is 11.8 Å². The summed E-state index contributed by atoms with van der Waals surface area (Å²) < 4.78 is 9.96. The standard InChI is InChI=1S/C20H26N2O7S/c1-12(23)28-17(25)10-6-9-15(22-27)19-18(29-13(2)24)16(11-30-19)21-20(26)14-7-4-3-5-8-14/h3-5,7-8,15-16,18-19,22,27H,6,9-11H2,1-2H3,(H,21,26)/t15-,16+,18+,19+/m0/s1. The van der Waals surface area contributed by atoms with E-state index in [0.717, 1.165) is 6.92 Å². The average Bonchev–Trinajstić information content (AvgIpc) is 3.06. The molecule has 0 bridgehead atoms. The van der Waals surface area contributed by atoms with Crippen LogP contribution in [-0.4, -0.2) is 58.2 Å². The van der Waals surface area contributed by atoms with Crippen LogP contribution in [0.3, 0.4) is 0 Å². The first kappa shape index (κ1) is 23.8. The predicted molar refractivity (Wildman–Crippen MR) is 109 cm³/mol. The van der Waals surface area contributed by atoms with Crippen molar-refractivity contribution < 1.29 is 33.9 Å². The lowest BCUT2D eigenvalue weighted by atomic mass is 9.99. The van der Waals surface area contributed by atoms with Gasteiger partial charge in [0.05, 0.1) is 11.3 Å². The van der Waals surface area contributed by atoms with Gasteiger partial charge in [-0.2, -0.15) is 11.8 Å². The van der Waals surface area contributed by atoms with Gasteiger partial charge in [-0.05, 0) is 25.0 Å². The fraction of sp³-hybridized carbons (Fsp3) is 0.500. The third-order valence-corrected chi connectivity index (χ3v) is 6.09. The molecule has 10 heteroatoms. The number of hydroxylamine groups is 1. The topological polar surface area (TPSA) is 131 Å². The molecule has 0 aromatic heterocycles. The van der Waals surface area contributed by atoms with E-state index in [2.05, 4.69) is 15.5 Å². The third-order valence-electron chi connectivity index (χ3n) is 4.56. The summed E-state index contributed by atoms with van der Waals surface area (Å²) in [5.41, 5.74) is 2.72. The molecule has 1 fully saturated rings. The molecule has 0 aliphatic carbocycles. The number of esters is 3. The van der Waals surface area contributed by atoms with Crippen LogP contribution in [0, 0.1) is 0 Å². The number of thioether (sulfide) groups is 1. The van der Waals surface area contributed by atoms with Gasteiger partial charge >= 0.3 is 17.9 Å². The van der Waals surface area contributed by atoms with Gasteiger partial charge in [0.15, 0.2) is 0 Å². The molecule has 164 valence electrons. The zero-order valence-electron chi connectivity index (χ0n) is 16.8. The van der Waals surface area contributed by atoms with Gasteiger partial charge in [0.2, 0.25) is 0 Å². The average molecular weight is 439 g/mol. The molecule has 1 aromatic carbocycles. The zero-order chi connectivity index (χ0) is 22.1. The highest BCUT2D eigenvalue weighted by molar-refractivity contribution is 8.00. The lowest BCUT2D eigenvalue weighted by molar-refractivity contribution is -0.158. The molecule has 1 aliphatic heterocycles. The van der Waals surface area contributed by atoms with Crippen molar-refractivity contribution in [1.29, 1.82) is 0 Å². The third kappa shape index (κ3) is 7.12. The molecule has 3 N–H and O–H groups in total. The van der Waals surface area contributed by atoms with Crippen LogP contribution in [0.2, 0.25) is 0 Å². The van der Waals surface area contributed by atoms with E-state index in [1.807, 2.05) is 6.07 Å². The number of nitrogens with one attached hydrogen (secondary N) is 2. The summed E-state index contributed by atoms with van der Waals surface area (Å²) in [5, 5.41) is 12.2. The molecular weight excluding hydrogens is 412 g/mol. The van der Waals surface area contributed by atoms with Crippen molar-refractivity contribution in [3.63, 3.8) is 0 Å². The van der Waals surface area contributed by atoms with E-state index in [9.17, 15) is 24.4 Å². The van der Waals surface area contributed by atoms with Crippen LogP contribution in [0.15, 0.2) is 30.3 Å². The molecule has 1 saturated heterocycles. The second-order valence-electron chi connectivity index (χ2n) is 6.91. The number of ether oxygens (including phenoxy) is 2. The van der Waals surface area contributed by atoms with Gasteiger partial charge in [0.1, 0.15) is 6.10 Å². The summed E-state index contributed by atoms with van der Waals surface area (Å²) in [5.74, 6) is -1.59. The molecule has 0 unspecified atom stereocenters. The van der Waals surface area contributed by atoms with Gasteiger partial charge in [-0.3, -0.25) is 19.2 Å². The van der Waals surface area contributed by atoms with E-state index in [4.69, 9.17) is 4.74 Å². The summed E-state index contributed by atoms with van der Waals surface area (Å²) in [4.78, 5) is 46.5. The Kier molecular flexibility index (Phi) is 9.28. The van der Waals surface area contributed by atoms with Crippen LogP contribution in [0.1, 0.15) is 43.5 Å². The molecule has 1 aliphatic rings. The summed E-state index contributed by atoms with van der Waals surface area (Å²) >= 11 is 1.46. The van der Waals surface area contributed by atoms with Crippen LogP contribution in [0.25, 0.3) is 0 Å². The number of amides is 1. The molecule has 2 rings (SSSR count). The predicted octanol–water partition coefficient (Wildman–Crippen LogP) is 1.44. The Morgan fingerprint density at radius 2 is 1.87 bits per heavy atom. The van der Waals surface area contributed by atoms with Gasteiger partial charge in [-0.15, -0.1) is 0 Å². The van der Waals surface area contributed by atoms with E-state index >= 15 is 0 Å². The van der Waals surface area contributed by atoms with E-state index in [1.165, 1.54) is 18.7 Å². The Balaban J connectivity index is 2.00. The van der Waals surface area contributed by atoms with Crippen LogP contribution in [-0.2, 0) is 23.9 Å². The first-order valence-electron chi connectivity index (χ1n) is 9.57. The van der Waals surface area contributed by atoms with Crippen LogP contribution in [0.4, 0.5) is 0 Å². The van der Waals surface area contributed by atoms with Crippen molar-refractivity contribution >= 4 is 35.6 Å². The molecule has 0 spiro atoms.